The molecule has 0 atom stereocenters. The average molecular weight is 411 g/mol. The first kappa shape index (κ1) is 19.1. The van der Waals surface area contributed by atoms with E-state index in [4.69, 9.17) is 4.74 Å². The van der Waals surface area contributed by atoms with Gasteiger partial charge in [0.15, 0.2) is 4.96 Å². The van der Waals surface area contributed by atoms with Crippen LogP contribution in [0.15, 0.2) is 45.5 Å². The molecule has 0 saturated carbocycles. The lowest BCUT2D eigenvalue weighted by molar-refractivity contribution is 0.0462. The molecule has 0 aliphatic rings. The van der Waals surface area contributed by atoms with Crippen molar-refractivity contribution >= 4 is 32.3 Å². The Hall–Kier alpha value is -2.63. The van der Waals surface area contributed by atoms with Crippen molar-refractivity contribution < 1.29 is 22.3 Å². The summed E-state index contributed by atoms with van der Waals surface area (Å²) >= 11 is 1.24. The lowest BCUT2D eigenvalue weighted by Gasteiger charge is -2.12. The Balaban J connectivity index is 1.84. The molecule has 0 radical (unpaired) electrons. The highest BCUT2D eigenvalue weighted by Crippen LogP contribution is 2.19. The molecule has 27 heavy (non-hydrogen) atoms. The third kappa shape index (κ3) is 3.75. The highest BCUT2D eigenvalue weighted by atomic mass is 32.2. The van der Waals surface area contributed by atoms with E-state index in [1.54, 1.807) is 11.6 Å². The molecule has 3 aromatic rings. The SMILES string of the molecule is CN(C)S(=O)(=O)c1ccc(F)c(C(=O)OCc2cc(=O)n3ccsc3n2)c1. The van der Waals surface area contributed by atoms with Gasteiger partial charge >= 0.3 is 5.97 Å². The minimum atomic E-state index is -3.84. The minimum absolute atomic E-state index is 0.202. The zero-order valence-corrected chi connectivity index (χ0v) is 15.9. The number of ether oxygens (including phenoxy) is 1. The predicted octanol–water partition coefficient (Wildman–Crippen LogP) is 1.50. The molecule has 8 nitrogen and oxygen atoms in total. The molecule has 2 heterocycles. The number of fused-ring (bicyclic) bond motifs is 1. The molecule has 0 aliphatic heterocycles. The predicted molar refractivity (Wildman–Crippen MR) is 95.7 cm³/mol. The number of hydrogen-bond donors (Lipinski definition) is 0. The van der Waals surface area contributed by atoms with Crippen LogP contribution in [0.3, 0.4) is 0 Å². The summed E-state index contributed by atoms with van der Waals surface area (Å²) in [4.78, 5) is 28.5. The Morgan fingerprint density at radius 2 is 2.07 bits per heavy atom. The van der Waals surface area contributed by atoms with Crippen molar-refractivity contribution in [3.63, 3.8) is 0 Å². The number of nitrogens with zero attached hydrogens (tertiary/aromatic N) is 3. The number of rotatable bonds is 5. The van der Waals surface area contributed by atoms with Crippen molar-refractivity contribution in [1.82, 2.24) is 13.7 Å². The lowest BCUT2D eigenvalue weighted by atomic mass is 10.2. The molecule has 11 heteroatoms. The summed E-state index contributed by atoms with van der Waals surface area (Å²) in [7, 11) is -1.19. The van der Waals surface area contributed by atoms with E-state index in [0.29, 0.717) is 4.96 Å². The van der Waals surface area contributed by atoms with Crippen molar-refractivity contribution in [2.24, 2.45) is 0 Å². The number of halogens is 1. The largest absolute Gasteiger partial charge is 0.455 e. The van der Waals surface area contributed by atoms with E-state index in [1.807, 2.05) is 0 Å². The summed E-state index contributed by atoms with van der Waals surface area (Å²) in [6, 6.07) is 4.07. The number of esters is 1. The molecule has 1 aromatic carbocycles. The van der Waals surface area contributed by atoms with Crippen molar-refractivity contribution in [2.75, 3.05) is 14.1 Å². The van der Waals surface area contributed by atoms with Crippen LogP contribution in [0.1, 0.15) is 16.1 Å². The second kappa shape index (κ2) is 7.18. The Kier molecular flexibility index (Phi) is 5.09. The van der Waals surface area contributed by atoms with Gasteiger partial charge in [-0.15, -0.1) is 11.3 Å². The summed E-state index contributed by atoms with van der Waals surface area (Å²) in [6.07, 6.45) is 1.57. The Morgan fingerprint density at radius 3 is 2.78 bits per heavy atom. The second-order valence-electron chi connectivity index (χ2n) is 5.65. The molecule has 0 spiro atoms. The summed E-state index contributed by atoms with van der Waals surface area (Å²) in [6.45, 7) is -0.355. The van der Waals surface area contributed by atoms with Crippen molar-refractivity contribution in [3.05, 3.63) is 63.3 Å². The monoisotopic (exact) mass is 411 g/mol. The molecule has 0 bridgehead atoms. The molecule has 0 fully saturated rings. The number of sulfonamides is 1. The maximum atomic E-state index is 14.0. The molecule has 0 N–H and O–H groups in total. The average Bonchev–Trinajstić information content (AvgIpc) is 3.09. The first-order chi connectivity index (χ1) is 12.7. The van der Waals surface area contributed by atoms with Crippen molar-refractivity contribution in [3.8, 4) is 0 Å². The number of carbonyl (C=O) groups is 1. The van der Waals surface area contributed by atoms with Crippen LogP contribution in [0.4, 0.5) is 4.39 Å². The van der Waals surface area contributed by atoms with Gasteiger partial charge in [0, 0.05) is 31.7 Å². The Bertz CT molecular complexity index is 1180. The van der Waals surface area contributed by atoms with E-state index in [0.717, 1.165) is 22.5 Å². The maximum Gasteiger partial charge on any atom is 0.341 e. The summed E-state index contributed by atoms with van der Waals surface area (Å²) in [5, 5.41) is 1.69. The van der Waals surface area contributed by atoms with E-state index in [2.05, 4.69) is 4.98 Å². The van der Waals surface area contributed by atoms with Crippen LogP contribution in [0.5, 0.6) is 0 Å². The number of aromatic nitrogens is 2. The van der Waals surface area contributed by atoms with Gasteiger partial charge < -0.3 is 4.74 Å². The fraction of sp³-hybridized carbons (Fsp3) is 0.188. The molecule has 142 valence electrons. The van der Waals surface area contributed by atoms with Crippen molar-refractivity contribution in [2.45, 2.75) is 11.5 Å². The summed E-state index contributed by atoms with van der Waals surface area (Å²) in [5.74, 6) is -1.98. The molecular weight excluding hydrogens is 397 g/mol. The first-order valence-corrected chi connectivity index (χ1v) is 9.87. The van der Waals surface area contributed by atoms with Gasteiger partial charge in [-0.3, -0.25) is 9.20 Å². The Labute approximate surface area is 157 Å². The standard InChI is InChI=1S/C16H14FN3O5S2/c1-19(2)27(23,24)11-3-4-13(17)12(8-11)15(22)25-9-10-7-14(21)20-5-6-26-16(20)18-10/h3-8H,9H2,1-2H3. The number of thiazole rings is 1. The molecule has 0 saturated heterocycles. The number of carbonyl (C=O) groups excluding carboxylic acids is 1. The fourth-order valence-electron chi connectivity index (χ4n) is 2.21. The van der Waals surface area contributed by atoms with Crippen LogP contribution in [-0.2, 0) is 21.4 Å². The highest BCUT2D eigenvalue weighted by Gasteiger charge is 2.22. The van der Waals surface area contributed by atoms with Gasteiger partial charge in [0.2, 0.25) is 10.0 Å². The van der Waals surface area contributed by atoms with Gasteiger partial charge in [0.05, 0.1) is 16.2 Å². The van der Waals surface area contributed by atoms with Gasteiger partial charge in [-0.05, 0) is 18.2 Å². The first-order valence-electron chi connectivity index (χ1n) is 7.55. The minimum Gasteiger partial charge on any atom is -0.455 e. The van der Waals surface area contributed by atoms with Gasteiger partial charge in [0.1, 0.15) is 12.4 Å². The highest BCUT2D eigenvalue weighted by molar-refractivity contribution is 7.89. The zero-order valence-electron chi connectivity index (χ0n) is 14.2. The van der Waals surface area contributed by atoms with Gasteiger partial charge in [-0.2, -0.15) is 0 Å². The topological polar surface area (TPSA) is 98.0 Å². The van der Waals surface area contributed by atoms with Crippen LogP contribution in [0.25, 0.3) is 4.96 Å². The Morgan fingerprint density at radius 1 is 1.33 bits per heavy atom. The molecular formula is C16H14FN3O5S2. The number of hydrogen-bond acceptors (Lipinski definition) is 7. The fourth-order valence-corrected chi connectivity index (χ4v) is 3.88. The van der Waals surface area contributed by atoms with E-state index in [9.17, 15) is 22.4 Å². The zero-order chi connectivity index (χ0) is 19.8. The third-order valence-electron chi connectivity index (χ3n) is 3.64. The molecule has 0 unspecified atom stereocenters. The normalized spacial score (nSPS) is 11.9. The second-order valence-corrected chi connectivity index (χ2v) is 8.67. The van der Waals surface area contributed by atoms with Crippen LogP contribution in [0, 0.1) is 5.82 Å². The number of benzene rings is 1. The third-order valence-corrected chi connectivity index (χ3v) is 6.21. The summed E-state index contributed by atoms with van der Waals surface area (Å²) in [5.41, 5.74) is -0.655. The lowest BCUT2D eigenvalue weighted by Crippen LogP contribution is -2.23. The van der Waals surface area contributed by atoms with Crippen molar-refractivity contribution in [1.29, 1.82) is 0 Å². The molecule has 0 aliphatic carbocycles. The van der Waals surface area contributed by atoms with E-state index in [1.165, 1.54) is 35.9 Å². The molecule has 2 aromatic heterocycles. The maximum absolute atomic E-state index is 14.0. The van der Waals surface area contributed by atoms with Gasteiger partial charge in [-0.1, -0.05) is 0 Å². The van der Waals surface area contributed by atoms with E-state index in [-0.39, 0.29) is 22.8 Å². The van der Waals surface area contributed by atoms with E-state index >= 15 is 0 Å². The van der Waals surface area contributed by atoms with E-state index < -0.39 is 27.4 Å². The smallest absolute Gasteiger partial charge is 0.341 e. The van der Waals surface area contributed by atoms with Gasteiger partial charge in [-0.25, -0.2) is 26.9 Å². The summed E-state index contributed by atoms with van der Waals surface area (Å²) < 4.78 is 45.6. The van der Waals surface area contributed by atoms with Crippen LogP contribution < -0.4 is 5.56 Å². The van der Waals surface area contributed by atoms with Crippen LogP contribution >= 0.6 is 11.3 Å². The quantitative estimate of drug-likeness (QED) is 0.590. The van der Waals surface area contributed by atoms with Crippen LogP contribution in [0.2, 0.25) is 0 Å². The van der Waals surface area contributed by atoms with Gasteiger partial charge in [0.25, 0.3) is 5.56 Å². The molecule has 3 rings (SSSR count). The van der Waals surface area contributed by atoms with Crippen LogP contribution in [-0.4, -0.2) is 42.2 Å². The molecule has 0 amide bonds.